The highest BCUT2D eigenvalue weighted by molar-refractivity contribution is 6.83. The van der Waals surface area contributed by atoms with Crippen LogP contribution >= 0.6 is 0 Å². The Hall–Kier alpha value is -0.343. The molecule has 1 rings (SSSR count). The van der Waals surface area contributed by atoms with Crippen LogP contribution in [0.2, 0.25) is 19.6 Å². The predicted molar refractivity (Wildman–Crippen MR) is 72.6 cm³/mol. The van der Waals surface area contributed by atoms with Crippen molar-refractivity contribution >= 4 is 8.07 Å². The average Bonchev–Trinajstić information content (AvgIpc) is 2.40. The molecule has 98 valence electrons. The van der Waals surface area contributed by atoms with E-state index in [1.807, 2.05) is 20.8 Å². The van der Waals surface area contributed by atoms with Gasteiger partial charge in [-0.3, -0.25) is 0 Å². The summed E-state index contributed by atoms with van der Waals surface area (Å²) in [6.45, 7) is 13.4. The quantitative estimate of drug-likeness (QED) is 0.577. The van der Waals surface area contributed by atoms with Gasteiger partial charge in [-0.25, -0.2) is 0 Å². The lowest BCUT2D eigenvalue weighted by Gasteiger charge is -2.27. The number of hydroxylamine groups is 2. The first-order valence-corrected chi connectivity index (χ1v) is 9.74. The molecule has 0 radical (unpaired) electrons. The van der Waals surface area contributed by atoms with Crippen molar-refractivity contribution in [3.05, 3.63) is 0 Å². The minimum Gasteiger partial charge on any atom is -0.370 e. The Morgan fingerprint density at radius 3 is 2.35 bits per heavy atom. The maximum atomic E-state index is 9.82. The van der Waals surface area contributed by atoms with Crippen LogP contribution in [0.4, 0.5) is 0 Å². The van der Waals surface area contributed by atoms with Crippen molar-refractivity contribution in [2.45, 2.75) is 64.6 Å². The molecule has 0 aromatic heterocycles. The Labute approximate surface area is 106 Å². The molecule has 2 atom stereocenters. The lowest BCUT2D eigenvalue weighted by Crippen LogP contribution is -2.37. The molecule has 0 bridgehead atoms. The Kier molecular flexibility index (Phi) is 4.42. The van der Waals surface area contributed by atoms with Gasteiger partial charge in [0.05, 0.1) is 11.7 Å². The predicted octanol–water partition coefficient (Wildman–Crippen LogP) is 2.51. The van der Waals surface area contributed by atoms with Crippen LogP contribution in [0.15, 0.2) is 0 Å². The number of hydrogen-bond donors (Lipinski definition) is 1. The summed E-state index contributed by atoms with van der Waals surface area (Å²) in [5, 5.41) is 11.1. The fraction of sp³-hybridized carbons (Fsp3) is 0.846. The van der Waals surface area contributed by atoms with E-state index in [4.69, 9.17) is 4.74 Å². The van der Waals surface area contributed by atoms with Gasteiger partial charge in [-0.1, -0.05) is 25.6 Å². The van der Waals surface area contributed by atoms with Gasteiger partial charge in [0.2, 0.25) is 0 Å². The summed E-state index contributed by atoms with van der Waals surface area (Å²) < 4.78 is 5.96. The summed E-state index contributed by atoms with van der Waals surface area (Å²) in [7, 11) is -1.40. The summed E-state index contributed by atoms with van der Waals surface area (Å²) in [5.74, 6) is 3.21. The summed E-state index contributed by atoms with van der Waals surface area (Å²) in [5.41, 5.74) is 3.13. The summed E-state index contributed by atoms with van der Waals surface area (Å²) in [6, 6.07) is -0.166. The van der Waals surface area contributed by atoms with E-state index in [9.17, 15) is 5.21 Å². The van der Waals surface area contributed by atoms with E-state index in [1.54, 1.807) is 0 Å². The van der Waals surface area contributed by atoms with Crippen LogP contribution in [0.5, 0.6) is 0 Å². The van der Waals surface area contributed by atoms with Gasteiger partial charge in [-0.05, 0) is 27.2 Å². The maximum absolute atomic E-state index is 9.82. The SMILES string of the molecule is CC(C)(C)O[C@H]1CCN(O)[C@@H]1C#C[Si](C)(C)C. The molecule has 0 spiro atoms. The second-order valence-electron chi connectivity index (χ2n) is 6.68. The average molecular weight is 255 g/mol. The van der Waals surface area contributed by atoms with Crippen LogP contribution < -0.4 is 0 Å². The fourth-order valence-electron chi connectivity index (χ4n) is 1.78. The fourth-order valence-corrected chi connectivity index (χ4v) is 2.36. The molecule has 0 unspecified atom stereocenters. The van der Waals surface area contributed by atoms with Crippen molar-refractivity contribution in [3.63, 3.8) is 0 Å². The third-order valence-electron chi connectivity index (χ3n) is 2.42. The van der Waals surface area contributed by atoms with E-state index in [-0.39, 0.29) is 17.7 Å². The second kappa shape index (κ2) is 5.11. The van der Waals surface area contributed by atoms with Gasteiger partial charge in [-0.2, -0.15) is 5.06 Å². The minimum absolute atomic E-state index is 0.0175. The third kappa shape index (κ3) is 5.22. The molecule has 1 heterocycles. The third-order valence-corrected chi connectivity index (χ3v) is 3.31. The molecule has 1 saturated heterocycles. The molecule has 0 saturated carbocycles. The standard InChI is InChI=1S/C13H25NO2Si/c1-13(2,3)16-12-7-9-14(15)11(12)8-10-17(4,5)6/h11-12,15H,7,9H2,1-6H3/t11-,12+/m1/s1. The highest BCUT2D eigenvalue weighted by Gasteiger charge is 2.35. The van der Waals surface area contributed by atoms with Crippen LogP contribution in [0, 0.1) is 11.5 Å². The zero-order chi connectivity index (χ0) is 13.3. The largest absolute Gasteiger partial charge is 0.370 e. The van der Waals surface area contributed by atoms with Gasteiger partial charge in [0.1, 0.15) is 14.1 Å². The molecule has 1 fully saturated rings. The molecule has 1 aliphatic rings. The van der Waals surface area contributed by atoms with E-state index in [2.05, 4.69) is 31.1 Å². The maximum Gasteiger partial charge on any atom is 0.129 e. The van der Waals surface area contributed by atoms with Crippen LogP contribution in [0.25, 0.3) is 0 Å². The molecular formula is C13H25NO2Si. The van der Waals surface area contributed by atoms with Crippen LogP contribution in [0.1, 0.15) is 27.2 Å². The van der Waals surface area contributed by atoms with Gasteiger partial charge in [0.25, 0.3) is 0 Å². The normalized spacial score (nSPS) is 26.8. The van der Waals surface area contributed by atoms with Crippen molar-refractivity contribution in [3.8, 4) is 11.5 Å². The molecule has 0 amide bonds. The summed E-state index contributed by atoms with van der Waals surface area (Å²) in [4.78, 5) is 0. The topological polar surface area (TPSA) is 32.7 Å². The van der Waals surface area contributed by atoms with Gasteiger partial charge in [0.15, 0.2) is 0 Å². The Morgan fingerprint density at radius 2 is 1.88 bits per heavy atom. The number of ether oxygens (including phenoxy) is 1. The molecule has 1 N–H and O–H groups in total. The molecule has 0 aliphatic carbocycles. The number of hydrogen-bond acceptors (Lipinski definition) is 3. The number of nitrogens with zero attached hydrogens (tertiary/aromatic N) is 1. The van der Waals surface area contributed by atoms with E-state index in [0.29, 0.717) is 6.54 Å². The summed E-state index contributed by atoms with van der Waals surface area (Å²) in [6.07, 6.45) is 0.864. The van der Waals surface area contributed by atoms with Crippen molar-refractivity contribution in [1.29, 1.82) is 0 Å². The van der Waals surface area contributed by atoms with Crippen molar-refractivity contribution in [1.82, 2.24) is 5.06 Å². The van der Waals surface area contributed by atoms with Gasteiger partial charge in [0, 0.05) is 6.54 Å². The molecule has 4 heteroatoms. The molecule has 0 aromatic carbocycles. The Morgan fingerprint density at radius 1 is 1.29 bits per heavy atom. The zero-order valence-electron chi connectivity index (χ0n) is 11.9. The number of rotatable bonds is 1. The van der Waals surface area contributed by atoms with Crippen molar-refractivity contribution in [2.24, 2.45) is 0 Å². The van der Waals surface area contributed by atoms with Crippen LogP contribution in [-0.4, -0.2) is 42.6 Å². The first kappa shape index (κ1) is 14.7. The lowest BCUT2D eigenvalue weighted by atomic mass is 10.1. The molecule has 3 nitrogen and oxygen atoms in total. The first-order valence-electron chi connectivity index (χ1n) is 6.24. The van der Waals surface area contributed by atoms with Gasteiger partial charge in [-0.15, -0.1) is 5.54 Å². The summed E-state index contributed by atoms with van der Waals surface area (Å²) >= 11 is 0. The molecule has 0 aromatic rings. The molecular weight excluding hydrogens is 230 g/mol. The molecule has 17 heavy (non-hydrogen) atoms. The first-order chi connectivity index (χ1) is 7.58. The smallest absolute Gasteiger partial charge is 0.129 e. The van der Waals surface area contributed by atoms with E-state index in [0.717, 1.165) is 6.42 Å². The highest BCUT2D eigenvalue weighted by Crippen LogP contribution is 2.23. The van der Waals surface area contributed by atoms with Crippen LogP contribution in [-0.2, 0) is 4.74 Å². The van der Waals surface area contributed by atoms with E-state index in [1.165, 1.54) is 5.06 Å². The second-order valence-corrected chi connectivity index (χ2v) is 11.4. The highest BCUT2D eigenvalue weighted by atomic mass is 28.3. The zero-order valence-corrected chi connectivity index (χ0v) is 12.9. The van der Waals surface area contributed by atoms with Crippen molar-refractivity contribution in [2.75, 3.05) is 6.54 Å². The van der Waals surface area contributed by atoms with E-state index >= 15 is 0 Å². The van der Waals surface area contributed by atoms with Gasteiger partial charge < -0.3 is 9.94 Å². The van der Waals surface area contributed by atoms with E-state index < -0.39 is 8.07 Å². The van der Waals surface area contributed by atoms with Crippen LogP contribution in [0.3, 0.4) is 0 Å². The lowest BCUT2D eigenvalue weighted by molar-refractivity contribution is -0.123. The Balaban J connectivity index is 2.75. The van der Waals surface area contributed by atoms with Crippen molar-refractivity contribution < 1.29 is 9.94 Å². The minimum atomic E-state index is -1.40. The molecule has 1 aliphatic heterocycles. The Bertz CT molecular complexity index is 319. The monoisotopic (exact) mass is 255 g/mol. The van der Waals surface area contributed by atoms with Gasteiger partial charge >= 0.3 is 0 Å².